The zero-order valence-electron chi connectivity index (χ0n) is 13.5. The molecule has 1 aliphatic rings. The molecule has 21 heavy (non-hydrogen) atoms. The number of halogens is 1. The van der Waals surface area contributed by atoms with Crippen molar-refractivity contribution >= 4 is 0 Å². The Hall–Kier alpha value is -1.13. The summed E-state index contributed by atoms with van der Waals surface area (Å²) in [5.41, 5.74) is 0.688. The largest absolute Gasteiger partial charge is 0.494 e. The summed E-state index contributed by atoms with van der Waals surface area (Å²) in [7, 11) is 3.43. The number of benzene rings is 1. The zero-order valence-corrected chi connectivity index (χ0v) is 13.5. The molecule has 0 bridgehead atoms. The van der Waals surface area contributed by atoms with E-state index in [2.05, 4.69) is 26.1 Å². The summed E-state index contributed by atoms with van der Waals surface area (Å²) in [6.45, 7) is 6.43. The van der Waals surface area contributed by atoms with Crippen molar-refractivity contribution < 1.29 is 13.9 Å². The van der Waals surface area contributed by atoms with Gasteiger partial charge in [-0.1, -0.05) is 19.1 Å². The third-order valence-corrected chi connectivity index (χ3v) is 4.86. The molecule has 0 aliphatic carbocycles. The van der Waals surface area contributed by atoms with Gasteiger partial charge in [-0.25, -0.2) is 4.39 Å². The van der Waals surface area contributed by atoms with Crippen LogP contribution in [0.1, 0.15) is 26.3 Å². The van der Waals surface area contributed by atoms with E-state index in [0.29, 0.717) is 29.6 Å². The molecular weight excluding hydrogens is 269 g/mol. The fraction of sp³-hybridized carbons (Fsp3) is 0.647. The second kappa shape index (κ2) is 6.75. The lowest BCUT2D eigenvalue weighted by atomic mass is 9.81. The third-order valence-electron chi connectivity index (χ3n) is 4.86. The SMILES string of the molecule is CNC(Cc1cccc(OC)c1F)C1C(C)OC(C)C1C. The second-order valence-corrected chi connectivity index (χ2v) is 6.02. The molecule has 0 spiro atoms. The van der Waals surface area contributed by atoms with Crippen molar-refractivity contribution in [3.8, 4) is 5.75 Å². The van der Waals surface area contributed by atoms with Gasteiger partial charge < -0.3 is 14.8 Å². The monoisotopic (exact) mass is 295 g/mol. The number of nitrogens with one attached hydrogen (secondary N) is 1. The molecule has 1 saturated heterocycles. The van der Waals surface area contributed by atoms with Crippen LogP contribution in [0.25, 0.3) is 0 Å². The molecule has 0 aromatic heterocycles. The summed E-state index contributed by atoms with van der Waals surface area (Å²) >= 11 is 0. The lowest BCUT2D eigenvalue weighted by Gasteiger charge is -2.29. The molecule has 118 valence electrons. The summed E-state index contributed by atoms with van der Waals surface area (Å²) in [6, 6.07) is 5.50. The molecular formula is C17H26FNO2. The number of rotatable bonds is 5. The quantitative estimate of drug-likeness (QED) is 0.906. The predicted molar refractivity (Wildman–Crippen MR) is 82.2 cm³/mol. The average molecular weight is 295 g/mol. The van der Waals surface area contributed by atoms with Gasteiger partial charge in [-0.2, -0.15) is 0 Å². The number of hydrogen-bond acceptors (Lipinski definition) is 3. The summed E-state index contributed by atoms with van der Waals surface area (Å²) in [4.78, 5) is 0. The van der Waals surface area contributed by atoms with Gasteiger partial charge in [0.1, 0.15) is 0 Å². The van der Waals surface area contributed by atoms with E-state index in [4.69, 9.17) is 9.47 Å². The van der Waals surface area contributed by atoms with Crippen molar-refractivity contribution in [1.82, 2.24) is 5.32 Å². The summed E-state index contributed by atoms with van der Waals surface area (Å²) < 4.78 is 25.3. The molecule has 1 N–H and O–H groups in total. The average Bonchev–Trinajstić information content (AvgIpc) is 2.72. The summed E-state index contributed by atoms with van der Waals surface area (Å²) in [6.07, 6.45) is 1.06. The topological polar surface area (TPSA) is 30.5 Å². The highest BCUT2D eigenvalue weighted by atomic mass is 19.1. The van der Waals surface area contributed by atoms with Crippen LogP contribution >= 0.6 is 0 Å². The molecule has 0 radical (unpaired) electrons. The normalized spacial score (nSPS) is 30.4. The Morgan fingerprint density at radius 2 is 2.00 bits per heavy atom. The molecule has 3 nitrogen and oxygen atoms in total. The molecule has 1 aromatic carbocycles. The van der Waals surface area contributed by atoms with E-state index in [9.17, 15) is 4.39 Å². The number of methoxy groups -OCH3 is 1. The second-order valence-electron chi connectivity index (χ2n) is 6.02. The third kappa shape index (κ3) is 3.22. The number of likely N-dealkylation sites (N-methyl/N-ethyl adjacent to an activating group) is 1. The van der Waals surface area contributed by atoms with E-state index in [-0.39, 0.29) is 24.1 Å². The highest BCUT2D eigenvalue weighted by molar-refractivity contribution is 5.31. The first-order valence-electron chi connectivity index (χ1n) is 7.63. The fourth-order valence-electron chi connectivity index (χ4n) is 3.53. The van der Waals surface area contributed by atoms with Gasteiger partial charge in [0.15, 0.2) is 11.6 Å². The van der Waals surface area contributed by atoms with Crippen molar-refractivity contribution in [1.29, 1.82) is 0 Å². The number of hydrogen-bond donors (Lipinski definition) is 1. The summed E-state index contributed by atoms with van der Waals surface area (Å²) in [5.74, 6) is 0.869. The molecule has 2 rings (SSSR count). The molecule has 0 amide bonds. The van der Waals surface area contributed by atoms with Crippen LogP contribution in [0.5, 0.6) is 5.75 Å². The van der Waals surface area contributed by atoms with Crippen LogP contribution < -0.4 is 10.1 Å². The maximum absolute atomic E-state index is 14.3. The maximum Gasteiger partial charge on any atom is 0.168 e. The molecule has 0 saturated carbocycles. The lowest BCUT2D eigenvalue weighted by Crippen LogP contribution is -2.41. The van der Waals surface area contributed by atoms with Crippen LogP contribution in [0.15, 0.2) is 18.2 Å². The Labute approximate surface area is 126 Å². The Kier molecular flexibility index (Phi) is 5.22. The molecule has 4 heteroatoms. The van der Waals surface area contributed by atoms with Gasteiger partial charge in [0.2, 0.25) is 0 Å². The van der Waals surface area contributed by atoms with E-state index >= 15 is 0 Å². The Morgan fingerprint density at radius 3 is 2.52 bits per heavy atom. The molecule has 1 aromatic rings. The van der Waals surface area contributed by atoms with E-state index in [1.54, 1.807) is 6.07 Å². The van der Waals surface area contributed by atoms with Gasteiger partial charge in [-0.05, 0) is 44.9 Å². The van der Waals surface area contributed by atoms with Gasteiger partial charge in [0.25, 0.3) is 0 Å². The zero-order chi connectivity index (χ0) is 15.6. The molecule has 1 aliphatic heterocycles. The van der Waals surface area contributed by atoms with Crippen molar-refractivity contribution in [2.45, 2.75) is 45.4 Å². The van der Waals surface area contributed by atoms with Crippen LogP contribution in [0.4, 0.5) is 4.39 Å². The molecule has 1 fully saturated rings. The first-order valence-corrected chi connectivity index (χ1v) is 7.63. The molecule has 5 unspecified atom stereocenters. The van der Waals surface area contributed by atoms with Gasteiger partial charge in [-0.15, -0.1) is 0 Å². The fourth-order valence-corrected chi connectivity index (χ4v) is 3.53. The Bertz CT molecular complexity index is 480. The van der Waals surface area contributed by atoms with Gasteiger partial charge in [0.05, 0.1) is 19.3 Å². The minimum absolute atomic E-state index is 0.182. The minimum Gasteiger partial charge on any atom is -0.494 e. The van der Waals surface area contributed by atoms with E-state index < -0.39 is 0 Å². The molecule has 1 heterocycles. The van der Waals surface area contributed by atoms with Gasteiger partial charge >= 0.3 is 0 Å². The van der Waals surface area contributed by atoms with Crippen LogP contribution in [0, 0.1) is 17.7 Å². The van der Waals surface area contributed by atoms with Crippen molar-refractivity contribution in [2.75, 3.05) is 14.2 Å². The van der Waals surface area contributed by atoms with Crippen LogP contribution in [0.2, 0.25) is 0 Å². The molecule has 5 atom stereocenters. The standard InChI is InChI=1S/C17H26FNO2/c1-10-11(2)21-12(3)16(10)14(19-4)9-13-7-6-8-15(20-5)17(13)18/h6-8,10-12,14,16,19H,9H2,1-5H3. The van der Waals surface area contributed by atoms with Crippen molar-refractivity contribution in [3.63, 3.8) is 0 Å². The van der Waals surface area contributed by atoms with Gasteiger partial charge in [-0.3, -0.25) is 0 Å². The van der Waals surface area contributed by atoms with Crippen LogP contribution in [0.3, 0.4) is 0 Å². The van der Waals surface area contributed by atoms with Crippen molar-refractivity contribution in [2.24, 2.45) is 11.8 Å². The first-order chi connectivity index (χ1) is 9.99. The Morgan fingerprint density at radius 1 is 1.29 bits per heavy atom. The predicted octanol–water partition coefficient (Wildman–Crippen LogP) is 3.02. The van der Waals surface area contributed by atoms with E-state index in [0.717, 1.165) is 0 Å². The lowest BCUT2D eigenvalue weighted by molar-refractivity contribution is 0.0478. The van der Waals surface area contributed by atoms with Crippen molar-refractivity contribution in [3.05, 3.63) is 29.6 Å². The smallest absolute Gasteiger partial charge is 0.168 e. The van der Waals surface area contributed by atoms with Crippen LogP contribution in [-0.4, -0.2) is 32.4 Å². The maximum atomic E-state index is 14.3. The van der Waals surface area contributed by atoms with Crippen LogP contribution in [-0.2, 0) is 11.2 Å². The highest BCUT2D eigenvalue weighted by Gasteiger charge is 2.41. The number of ether oxygens (including phenoxy) is 2. The van der Waals surface area contributed by atoms with E-state index in [1.165, 1.54) is 7.11 Å². The minimum atomic E-state index is -0.257. The Balaban J connectivity index is 2.20. The first kappa shape index (κ1) is 16.2. The summed E-state index contributed by atoms with van der Waals surface area (Å²) in [5, 5.41) is 3.35. The highest BCUT2D eigenvalue weighted by Crippen LogP contribution is 2.36. The van der Waals surface area contributed by atoms with Gasteiger partial charge in [0, 0.05) is 12.0 Å². The van der Waals surface area contributed by atoms with E-state index in [1.807, 2.05) is 19.2 Å².